The molecule has 1 heterocycles. The van der Waals surface area contributed by atoms with E-state index in [1.165, 1.54) is 4.90 Å². The second-order valence-electron chi connectivity index (χ2n) is 5.48. The van der Waals surface area contributed by atoms with Gasteiger partial charge < -0.3 is 15.3 Å². The number of nitrogens with zero attached hydrogens (tertiary/aromatic N) is 1. The summed E-state index contributed by atoms with van der Waals surface area (Å²) in [5.74, 6) is -1.03. The van der Waals surface area contributed by atoms with E-state index < -0.39 is 15.8 Å². The summed E-state index contributed by atoms with van der Waals surface area (Å²) in [6, 6.07) is -0.240. The largest absolute Gasteiger partial charge is 0.481 e. The van der Waals surface area contributed by atoms with Gasteiger partial charge in [-0.25, -0.2) is 13.2 Å². The molecule has 2 aliphatic rings. The predicted molar refractivity (Wildman–Crippen MR) is 72.1 cm³/mol. The van der Waals surface area contributed by atoms with Crippen molar-refractivity contribution in [3.8, 4) is 0 Å². The van der Waals surface area contributed by atoms with Crippen LogP contribution in [0.2, 0.25) is 0 Å². The van der Waals surface area contributed by atoms with Crippen molar-refractivity contribution in [3.63, 3.8) is 0 Å². The molecule has 0 bridgehead atoms. The van der Waals surface area contributed by atoms with Crippen molar-refractivity contribution in [2.75, 3.05) is 24.6 Å². The second-order valence-corrected chi connectivity index (χ2v) is 7.78. The van der Waals surface area contributed by atoms with Crippen LogP contribution in [0.15, 0.2) is 0 Å². The van der Waals surface area contributed by atoms with Crippen molar-refractivity contribution < 1.29 is 23.1 Å². The van der Waals surface area contributed by atoms with Crippen LogP contribution in [-0.4, -0.2) is 61.1 Å². The van der Waals surface area contributed by atoms with E-state index in [1.54, 1.807) is 0 Å². The maximum absolute atomic E-state index is 12.0. The normalized spacial score (nSPS) is 29.7. The van der Waals surface area contributed by atoms with E-state index >= 15 is 0 Å². The molecule has 0 radical (unpaired) electrons. The lowest BCUT2D eigenvalue weighted by Crippen LogP contribution is -2.51. The lowest BCUT2D eigenvalue weighted by molar-refractivity contribution is -0.142. The lowest BCUT2D eigenvalue weighted by Gasteiger charge is -2.31. The Morgan fingerprint density at radius 1 is 1.05 bits per heavy atom. The summed E-state index contributed by atoms with van der Waals surface area (Å²) >= 11 is 0. The van der Waals surface area contributed by atoms with E-state index in [1.807, 2.05) is 0 Å². The Kier molecular flexibility index (Phi) is 4.52. The van der Waals surface area contributed by atoms with Crippen LogP contribution in [0, 0.1) is 5.92 Å². The molecular weight excluding hydrogens is 284 g/mol. The quantitative estimate of drug-likeness (QED) is 0.751. The van der Waals surface area contributed by atoms with Crippen molar-refractivity contribution >= 4 is 21.8 Å². The van der Waals surface area contributed by atoms with Crippen molar-refractivity contribution in [2.24, 2.45) is 5.92 Å². The standard InChI is InChI=1S/C12H20N2O5S/c15-11(16)9-1-3-10(4-2-9)13-12(17)14-5-7-20(18,19)8-6-14/h9-10H,1-8H2,(H,13,17)(H,15,16). The third-order valence-corrected chi connectivity index (χ3v) is 5.64. The van der Waals surface area contributed by atoms with Gasteiger partial charge in [-0.05, 0) is 25.7 Å². The van der Waals surface area contributed by atoms with Gasteiger partial charge in [0.2, 0.25) is 0 Å². The number of sulfone groups is 1. The predicted octanol–water partition coefficient (Wildman–Crippen LogP) is 0.0698. The Labute approximate surface area is 118 Å². The van der Waals surface area contributed by atoms with Crippen LogP contribution in [0.5, 0.6) is 0 Å². The third-order valence-electron chi connectivity index (χ3n) is 4.04. The molecule has 0 spiro atoms. The highest BCUT2D eigenvalue weighted by molar-refractivity contribution is 7.91. The molecule has 1 saturated heterocycles. The van der Waals surface area contributed by atoms with Crippen LogP contribution in [-0.2, 0) is 14.6 Å². The van der Waals surface area contributed by atoms with Crippen LogP contribution in [0.25, 0.3) is 0 Å². The summed E-state index contributed by atoms with van der Waals surface area (Å²) in [5, 5.41) is 11.8. The highest BCUT2D eigenvalue weighted by Gasteiger charge is 2.29. The monoisotopic (exact) mass is 304 g/mol. The number of hydrogen-bond acceptors (Lipinski definition) is 4. The first kappa shape index (κ1) is 15.1. The van der Waals surface area contributed by atoms with Gasteiger partial charge in [0.25, 0.3) is 0 Å². The summed E-state index contributed by atoms with van der Waals surface area (Å²) in [4.78, 5) is 24.4. The fourth-order valence-corrected chi connectivity index (χ4v) is 3.87. The van der Waals surface area contributed by atoms with Gasteiger partial charge in [-0.1, -0.05) is 0 Å². The van der Waals surface area contributed by atoms with E-state index in [2.05, 4.69) is 5.32 Å². The van der Waals surface area contributed by atoms with Crippen LogP contribution in [0.3, 0.4) is 0 Å². The molecule has 2 N–H and O–H groups in total. The summed E-state index contributed by atoms with van der Waals surface area (Å²) in [5.41, 5.74) is 0. The third kappa shape index (κ3) is 3.84. The SMILES string of the molecule is O=C(O)C1CCC(NC(=O)N2CCS(=O)(=O)CC2)CC1. The minimum Gasteiger partial charge on any atom is -0.481 e. The van der Waals surface area contributed by atoms with Crippen molar-refractivity contribution in [1.82, 2.24) is 10.2 Å². The first-order valence-corrected chi connectivity index (χ1v) is 8.68. The van der Waals surface area contributed by atoms with Gasteiger partial charge in [-0.3, -0.25) is 4.79 Å². The van der Waals surface area contributed by atoms with E-state index in [4.69, 9.17) is 5.11 Å². The zero-order valence-corrected chi connectivity index (χ0v) is 12.1. The first-order valence-electron chi connectivity index (χ1n) is 6.86. The zero-order chi connectivity index (χ0) is 14.8. The van der Waals surface area contributed by atoms with Crippen molar-refractivity contribution in [3.05, 3.63) is 0 Å². The van der Waals surface area contributed by atoms with Gasteiger partial charge in [0.05, 0.1) is 17.4 Å². The van der Waals surface area contributed by atoms with Crippen molar-refractivity contribution in [2.45, 2.75) is 31.7 Å². The lowest BCUT2D eigenvalue weighted by atomic mass is 9.86. The van der Waals surface area contributed by atoms with Gasteiger partial charge in [-0.15, -0.1) is 0 Å². The molecule has 8 heteroatoms. The molecule has 114 valence electrons. The maximum atomic E-state index is 12.0. The second kappa shape index (κ2) is 5.99. The highest BCUT2D eigenvalue weighted by atomic mass is 32.2. The minimum atomic E-state index is -2.99. The Balaban J connectivity index is 1.77. The first-order chi connectivity index (χ1) is 9.37. The van der Waals surface area contributed by atoms with Crippen LogP contribution in [0.4, 0.5) is 4.79 Å². The molecule has 2 amide bonds. The molecule has 20 heavy (non-hydrogen) atoms. The molecule has 2 rings (SSSR count). The smallest absolute Gasteiger partial charge is 0.317 e. The van der Waals surface area contributed by atoms with E-state index in [9.17, 15) is 18.0 Å². The summed E-state index contributed by atoms with van der Waals surface area (Å²) in [6.45, 7) is 0.470. The number of nitrogens with one attached hydrogen (secondary N) is 1. The number of amides is 2. The Hall–Kier alpha value is -1.31. The zero-order valence-electron chi connectivity index (χ0n) is 11.2. The van der Waals surface area contributed by atoms with Gasteiger partial charge in [0, 0.05) is 19.1 Å². The molecule has 1 aliphatic heterocycles. The molecule has 0 atom stereocenters. The molecule has 1 aliphatic carbocycles. The molecular formula is C12H20N2O5S. The summed E-state index contributed by atoms with van der Waals surface area (Å²) < 4.78 is 22.6. The highest BCUT2D eigenvalue weighted by Crippen LogP contribution is 2.24. The Morgan fingerprint density at radius 2 is 1.60 bits per heavy atom. The van der Waals surface area contributed by atoms with E-state index in [-0.39, 0.29) is 42.6 Å². The van der Waals surface area contributed by atoms with Crippen LogP contribution >= 0.6 is 0 Å². The number of rotatable bonds is 2. The van der Waals surface area contributed by atoms with E-state index in [0.29, 0.717) is 25.7 Å². The number of carbonyl (C=O) groups is 2. The Bertz CT molecular complexity index is 468. The number of hydrogen-bond donors (Lipinski definition) is 2. The van der Waals surface area contributed by atoms with Gasteiger partial charge in [0.1, 0.15) is 0 Å². The van der Waals surface area contributed by atoms with Gasteiger partial charge in [0.15, 0.2) is 9.84 Å². The summed E-state index contributed by atoms with van der Waals surface area (Å²) in [7, 11) is -2.99. The topological polar surface area (TPSA) is 104 Å². The molecule has 1 saturated carbocycles. The molecule has 2 fully saturated rings. The fraction of sp³-hybridized carbons (Fsp3) is 0.833. The Morgan fingerprint density at radius 3 is 2.10 bits per heavy atom. The number of carbonyl (C=O) groups excluding carboxylic acids is 1. The maximum Gasteiger partial charge on any atom is 0.317 e. The van der Waals surface area contributed by atoms with E-state index in [0.717, 1.165) is 0 Å². The number of carboxylic acids is 1. The minimum absolute atomic E-state index is 0.00312. The molecule has 0 aromatic heterocycles. The number of aliphatic carboxylic acids is 1. The average Bonchev–Trinajstić information content (AvgIpc) is 2.39. The molecule has 0 aromatic rings. The molecule has 0 unspecified atom stereocenters. The number of urea groups is 1. The molecule has 7 nitrogen and oxygen atoms in total. The summed E-state index contributed by atoms with van der Waals surface area (Å²) in [6.07, 6.45) is 2.48. The average molecular weight is 304 g/mol. The van der Waals surface area contributed by atoms with Gasteiger partial charge >= 0.3 is 12.0 Å². The van der Waals surface area contributed by atoms with Crippen molar-refractivity contribution in [1.29, 1.82) is 0 Å². The number of carboxylic acid groups (broad SMARTS) is 1. The molecule has 0 aromatic carbocycles. The van der Waals surface area contributed by atoms with Gasteiger partial charge in [-0.2, -0.15) is 0 Å². The fourth-order valence-electron chi connectivity index (χ4n) is 2.67. The van der Waals surface area contributed by atoms with Crippen LogP contribution in [0.1, 0.15) is 25.7 Å². The van der Waals surface area contributed by atoms with Crippen LogP contribution < -0.4 is 5.32 Å².